The Morgan fingerprint density at radius 3 is 2.45 bits per heavy atom. The van der Waals surface area contributed by atoms with Crippen molar-refractivity contribution in [3.63, 3.8) is 0 Å². The molecule has 152 valence electrons. The number of likely N-dealkylation sites (N-methyl/N-ethyl adjacent to an activating group) is 1. The van der Waals surface area contributed by atoms with E-state index in [-0.39, 0.29) is 18.4 Å². The zero-order valence-electron chi connectivity index (χ0n) is 16.5. The van der Waals surface area contributed by atoms with Gasteiger partial charge in [0, 0.05) is 24.5 Å². The van der Waals surface area contributed by atoms with Gasteiger partial charge in [-0.3, -0.25) is 9.59 Å². The largest absolute Gasteiger partial charge is 0.332 e. The van der Waals surface area contributed by atoms with Gasteiger partial charge in [0.05, 0.1) is 27.2 Å². The number of aryl methyl sites for hydroxylation is 3. The van der Waals surface area contributed by atoms with Crippen molar-refractivity contribution in [2.24, 2.45) is 0 Å². The van der Waals surface area contributed by atoms with E-state index < -0.39 is 0 Å². The Morgan fingerprint density at radius 2 is 1.83 bits per heavy atom. The van der Waals surface area contributed by atoms with Crippen LogP contribution in [-0.4, -0.2) is 40.3 Å². The minimum absolute atomic E-state index is 0.140. The van der Waals surface area contributed by atoms with Crippen molar-refractivity contribution in [2.45, 2.75) is 27.2 Å². The molecule has 1 aromatic carbocycles. The van der Waals surface area contributed by atoms with Crippen LogP contribution in [0.25, 0.3) is 10.2 Å². The average molecular weight is 451 g/mol. The molecule has 0 aliphatic carbocycles. The highest BCUT2D eigenvalue weighted by Gasteiger charge is 2.23. The zero-order valence-corrected chi connectivity index (χ0v) is 18.8. The van der Waals surface area contributed by atoms with E-state index in [1.807, 2.05) is 20.8 Å². The van der Waals surface area contributed by atoms with Crippen molar-refractivity contribution in [3.8, 4) is 0 Å². The number of hydrogen-bond acceptors (Lipinski definition) is 5. The molecule has 0 saturated heterocycles. The number of carbonyl (C=O) groups excluding carboxylic acids is 2. The summed E-state index contributed by atoms with van der Waals surface area (Å²) in [4.78, 5) is 37.1. The standard InChI is InChI=1S/C20H20Cl2N4O2S/c1-5-14-23-11(3)16-10(2)18(29-19(16)24-14)20(28)26(4)9-15(27)25-17-12(21)7-6-8-13(17)22/h6-8H,5,9H2,1-4H3,(H,25,27). The van der Waals surface area contributed by atoms with Crippen molar-refractivity contribution in [1.82, 2.24) is 14.9 Å². The highest BCUT2D eigenvalue weighted by Crippen LogP contribution is 2.32. The average Bonchev–Trinajstić information content (AvgIpc) is 3.01. The number of carbonyl (C=O) groups is 2. The Hall–Kier alpha value is -2.22. The van der Waals surface area contributed by atoms with Gasteiger partial charge < -0.3 is 10.2 Å². The van der Waals surface area contributed by atoms with Crippen LogP contribution in [0.5, 0.6) is 0 Å². The van der Waals surface area contributed by atoms with Gasteiger partial charge in [0.25, 0.3) is 5.91 Å². The molecule has 0 unspecified atom stereocenters. The number of aromatic nitrogens is 2. The summed E-state index contributed by atoms with van der Waals surface area (Å²) in [6.07, 6.45) is 0.724. The van der Waals surface area contributed by atoms with Crippen molar-refractivity contribution in [1.29, 1.82) is 0 Å². The van der Waals surface area contributed by atoms with Gasteiger partial charge in [-0.05, 0) is 31.5 Å². The third-order valence-corrected chi connectivity index (χ3v) is 6.29. The van der Waals surface area contributed by atoms with E-state index in [9.17, 15) is 9.59 Å². The molecule has 0 spiro atoms. The Bertz CT molecular complexity index is 1090. The maximum atomic E-state index is 13.0. The van der Waals surface area contributed by atoms with Crippen molar-refractivity contribution in [3.05, 3.63) is 50.2 Å². The molecule has 1 N–H and O–H groups in total. The maximum absolute atomic E-state index is 13.0. The summed E-state index contributed by atoms with van der Waals surface area (Å²) >= 11 is 13.5. The summed E-state index contributed by atoms with van der Waals surface area (Å²) in [6, 6.07) is 4.95. The Kier molecular flexibility index (Phi) is 6.41. The van der Waals surface area contributed by atoms with Crippen LogP contribution in [-0.2, 0) is 11.2 Å². The van der Waals surface area contributed by atoms with Crippen molar-refractivity contribution in [2.75, 3.05) is 18.9 Å². The summed E-state index contributed by atoms with van der Waals surface area (Å²) in [6.45, 7) is 5.65. The van der Waals surface area contributed by atoms with Crippen LogP contribution >= 0.6 is 34.5 Å². The van der Waals surface area contributed by atoms with Gasteiger partial charge in [-0.2, -0.15) is 0 Å². The molecule has 2 heterocycles. The molecule has 0 fully saturated rings. The van der Waals surface area contributed by atoms with Crippen LogP contribution in [0.2, 0.25) is 10.0 Å². The molecule has 2 amide bonds. The number of amides is 2. The van der Waals surface area contributed by atoms with Crippen LogP contribution in [0.4, 0.5) is 5.69 Å². The number of hydrogen-bond donors (Lipinski definition) is 1. The van der Waals surface area contributed by atoms with Gasteiger partial charge in [-0.1, -0.05) is 36.2 Å². The zero-order chi connectivity index (χ0) is 21.3. The van der Waals surface area contributed by atoms with Crippen LogP contribution in [0.3, 0.4) is 0 Å². The number of para-hydroxylation sites is 1. The lowest BCUT2D eigenvalue weighted by Crippen LogP contribution is -2.34. The number of nitrogens with zero attached hydrogens (tertiary/aromatic N) is 3. The molecule has 0 aliphatic rings. The summed E-state index contributed by atoms with van der Waals surface area (Å²) in [7, 11) is 1.58. The maximum Gasteiger partial charge on any atom is 0.264 e. The van der Waals surface area contributed by atoms with E-state index in [0.717, 1.165) is 33.7 Å². The number of halogens is 2. The van der Waals surface area contributed by atoms with Gasteiger partial charge in [0.1, 0.15) is 10.7 Å². The highest BCUT2D eigenvalue weighted by molar-refractivity contribution is 7.20. The fraction of sp³-hybridized carbons (Fsp3) is 0.300. The van der Waals surface area contributed by atoms with Crippen molar-refractivity contribution >= 4 is 62.3 Å². The topological polar surface area (TPSA) is 75.2 Å². The molecule has 3 aromatic rings. The van der Waals surface area contributed by atoms with E-state index in [4.69, 9.17) is 23.2 Å². The molecular weight excluding hydrogens is 431 g/mol. The Labute approximate surface area is 182 Å². The highest BCUT2D eigenvalue weighted by atomic mass is 35.5. The Balaban J connectivity index is 1.80. The number of anilines is 1. The van der Waals surface area contributed by atoms with Gasteiger partial charge in [0.15, 0.2) is 0 Å². The SMILES string of the molecule is CCc1nc(C)c2c(C)c(C(=O)N(C)CC(=O)Nc3c(Cl)cccc3Cl)sc2n1. The predicted molar refractivity (Wildman–Crippen MR) is 118 cm³/mol. The predicted octanol–water partition coefficient (Wildman–Crippen LogP) is 4.89. The summed E-state index contributed by atoms with van der Waals surface area (Å²) in [5, 5.41) is 4.23. The van der Waals surface area contributed by atoms with Gasteiger partial charge >= 0.3 is 0 Å². The number of nitrogens with one attached hydrogen (secondary N) is 1. The van der Waals surface area contributed by atoms with Gasteiger partial charge in [-0.15, -0.1) is 11.3 Å². The first-order valence-corrected chi connectivity index (χ1v) is 10.6. The van der Waals surface area contributed by atoms with Crippen molar-refractivity contribution < 1.29 is 9.59 Å². The van der Waals surface area contributed by atoms with Crippen LogP contribution in [0, 0.1) is 13.8 Å². The third-order valence-electron chi connectivity index (χ3n) is 4.48. The minimum Gasteiger partial charge on any atom is -0.332 e. The molecule has 0 radical (unpaired) electrons. The van der Waals surface area contributed by atoms with E-state index in [1.54, 1.807) is 25.2 Å². The molecule has 6 nitrogen and oxygen atoms in total. The smallest absolute Gasteiger partial charge is 0.264 e. The second kappa shape index (κ2) is 8.65. The molecule has 2 aromatic heterocycles. The molecule has 0 aliphatic heterocycles. The van der Waals surface area contributed by atoms with E-state index in [1.165, 1.54) is 16.2 Å². The number of fused-ring (bicyclic) bond motifs is 1. The third kappa shape index (κ3) is 4.37. The number of thiophene rings is 1. The second-order valence-corrected chi connectivity index (χ2v) is 8.43. The molecule has 0 bridgehead atoms. The first-order chi connectivity index (χ1) is 13.7. The lowest BCUT2D eigenvalue weighted by Gasteiger charge is -2.17. The summed E-state index contributed by atoms with van der Waals surface area (Å²) < 4.78 is 0. The molecule has 29 heavy (non-hydrogen) atoms. The molecule has 0 atom stereocenters. The first kappa shape index (κ1) is 21.5. The fourth-order valence-corrected chi connectivity index (χ4v) is 4.75. The van der Waals surface area contributed by atoms with E-state index in [2.05, 4.69) is 15.3 Å². The van der Waals surface area contributed by atoms with Gasteiger partial charge in [0.2, 0.25) is 5.91 Å². The Morgan fingerprint density at radius 1 is 1.17 bits per heavy atom. The lowest BCUT2D eigenvalue weighted by molar-refractivity contribution is -0.116. The second-order valence-electron chi connectivity index (χ2n) is 6.62. The number of benzene rings is 1. The van der Waals surface area contributed by atoms with Crippen LogP contribution in [0.1, 0.15) is 33.7 Å². The summed E-state index contributed by atoms with van der Waals surface area (Å²) in [5.74, 6) is 0.113. The lowest BCUT2D eigenvalue weighted by atomic mass is 10.1. The molecular formula is C20H20Cl2N4O2S. The first-order valence-electron chi connectivity index (χ1n) is 8.98. The minimum atomic E-state index is -0.390. The van der Waals surface area contributed by atoms with E-state index in [0.29, 0.717) is 20.6 Å². The fourth-order valence-electron chi connectivity index (χ4n) is 3.01. The number of rotatable bonds is 5. The van der Waals surface area contributed by atoms with Crippen LogP contribution < -0.4 is 5.32 Å². The molecule has 9 heteroatoms. The quantitative estimate of drug-likeness (QED) is 0.600. The summed E-state index contributed by atoms with van der Waals surface area (Å²) in [5.41, 5.74) is 2.02. The van der Waals surface area contributed by atoms with Gasteiger partial charge in [-0.25, -0.2) is 9.97 Å². The van der Waals surface area contributed by atoms with E-state index >= 15 is 0 Å². The normalized spacial score (nSPS) is 11.0. The molecule has 0 saturated carbocycles. The monoisotopic (exact) mass is 450 g/mol. The molecule has 3 rings (SSSR count). The van der Waals surface area contributed by atoms with Crippen LogP contribution in [0.15, 0.2) is 18.2 Å².